The summed E-state index contributed by atoms with van der Waals surface area (Å²) >= 11 is 1.34. The molecule has 3 amide bonds. The predicted octanol–water partition coefficient (Wildman–Crippen LogP) is 3.59. The Kier molecular flexibility index (Phi) is 4.90. The van der Waals surface area contributed by atoms with Gasteiger partial charge in [-0.15, -0.1) is 11.3 Å². The molecule has 1 heterocycles. The maximum atomic E-state index is 12.3. The van der Waals surface area contributed by atoms with E-state index in [4.69, 9.17) is 5.73 Å². The number of urea groups is 1. The van der Waals surface area contributed by atoms with E-state index < -0.39 is 16.9 Å². The molecule has 8 nitrogen and oxygen atoms in total. The van der Waals surface area contributed by atoms with E-state index in [-0.39, 0.29) is 11.4 Å². The highest BCUT2D eigenvalue weighted by atomic mass is 32.1. The summed E-state index contributed by atoms with van der Waals surface area (Å²) in [6, 6.07) is 3.87. The first-order chi connectivity index (χ1) is 12.4. The number of nitrogens with zero attached hydrogens (tertiary/aromatic N) is 1. The Morgan fingerprint density at radius 3 is 2.65 bits per heavy atom. The van der Waals surface area contributed by atoms with Crippen molar-refractivity contribution in [2.45, 2.75) is 32.6 Å². The minimum Gasteiger partial charge on any atom is -0.365 e. The van der Waals surface area contributed by atoms with Crippen LogP contribution in [0.15, 0.2) is 18.2 Å². The van der Waals surface area contributed by atoms with E-state index in [9.17, 15) is 19.7 Å². The van der Waals surface area contributed by atoms with Gasteiger partial charge in [0.15, 0.2) is 0 Å². The summed E-state index contributed by atoms with van der Waals surface area (Å²) in [4.78, 5) is 35.8. The number of carbonyl (C=O) groups is 2. The van der Waals surface area contributed by atoms with E-state index >= 15 is 0 Å². The number of aryl methyl sites for hydroxylation is 2. The number of fused-ring (bicyclic) bond motifs is 1. The molecule has 3 rings (SSSR count). The van der Waals surface area contributed by atoms with Gasteiger partial charge in [0.2, 0.25) is 0 Å². The zero-order valence-electron chi connectivity index (χ0n) is 14.1. The lowest BCUT2D eigenvalue weighted by Crippen LogP contribution is -2.22. The number of nitro groups is 1. The van der Waals surface area contributed by atoms with Crippen molar-refractivity contribution >= 4 is 39.7 Å². The Morgan fingerprint density at radius 1 is 1.23 bits per heavy atom. The molecule has 0 saturated heterocycles. The summed E-state index contributed by atoms with van der Waals surface area (Å²) in [7, 11) is 0. The molecule has 0 unspecified atom stereocenters. The van der Waals surface area contributed by atoms with Gasteiger partial charge in [0, 0.05) is 10.9 Å². The number of nitrogens with two attached hydrogens (primary N) is 1. The van der Waals surface area contributed by atoms with Gasteiger partial charge in [-0.2, -0.15) is 0 Å². The highest BCUT2D eigenvalue weighted by molar-refractivity contribution is 7.17. The maximum absolute atomic E-state index is 12.3. The molecular formula is C17H18N4O4S. The number of carbonyl (C=O) groups excluding carboxylic acids is 2. The fourth-order valence-electron chi connectivity index (χ4n) is 3.07. The second-order valence-corrected chi connectivity index (χ2v) is 7.24. The number of hydrogen-bond donors (Lipinski definition) is 3. The molecule has 0 aliphatic heterocycles. The number of primary amides is 1. The quantitative estimate of drug-likeness (QED) is 0.558. The van der Waals surface area contributed by atoms with Gasteiger partial charge in [0.1, 0.15) is 10.7 Å². The van der Waals surface area contributed by atoms with Gasteiger partial charge in [-0.25, -0.2) is 4.79 Å². The summed E-state index contributed by atoms with van der Waals surface area (Å²) in [6.07, 6.45) is 3.63. The molecular weight excluding hydrogens is 356 g/mol. The van der Waals surface area contributed by atoms with Crippen molar-refractivity contribution in [3.05, 3.63) is 49.9 Å². The molecule has 26 heavy (non-hydrogen) atoms. The molecule has 0 saturated carbocycles. The lowest BCUT2D eigenvalue weighted by Gasteiger charge is -2.11. The molecule has 1 aliphatic carbocycles. The van der Waals surface area contributed by atoms with E-state index in [2.05, 4.69) is 10.6 Å². The lowest BCUT2D eigenvalue weighted by atomic mass is 9.95. The average Bonchev–Trinajstić information content (AvgIpc) is 2.94. The number of nitrogens with one attached hydrogen (secondary N) is 2. The van der Waals surface area contributed by atoms with E-state index in [0.717, 1.165) is 36.1 Å². The van der Waals surface area contributed by atoms with E-state index in [1.807, 2.05) is 0 Å². The summed E-state index contributed by atoms with van der Waals surface area (Å²) in [5.41, 5.74) is 7.35. The van der Waals surface area contributed by atoms with Gasteiger partial charge in [0.25, 0.3) is 11.6 Å². The molecule has 9 heteroatoms. The van der Waals surface area contributed by atoms with E-state index in [1.54, 1.807) is 13.0 Å². The first-order valence-electron chi connectivity index (χ1n) is 8.14. The van der Waals surface area contributed by atoms with Crippen LogP contribution in [0.2, 0.25) is 0 Å². The van der Waals surface area contributed by atoms with Crippen LogP contribution in [0, 0.1) is 17.0 Å². The van der Waals surface area contributed by atoms with Crippen LogP contribution in [0.25, 0.3) is 0 Å². The van der Waals surface area contributed by atoms with Crippen molar-refractivity contribution in [1.29, 1.82) is 0 Å². The van der Waals surface area contributed by atoms with E-state index in [0.29, 0.717) is 16.1 Å². The first-order valence-corrected chi connectivity index (χ1v) is 8.96. The lowest BCUT2D eigenvalue weighted by molar-refractivity contribution is -0.384. The standard InChI is InChI=1S/C17H18N4O4S/c1-9-6-7-11(12(8-9)21(24)25)19-17(23)20-16-14(15(18)22)10-4-2-3-5-13(10)26-16/h6-8H,2-5H2,1H3,(H2,18,22)(H2,19,20,23). The van der Waals surface area contributed by atoms with Crippen LogP contribution in [0.1, 0.15) is 39.2 Å². The minimum atomic E-state index is -0.655. The van der Waals surface area contributed by atoms with Gasteiger partial charge < -0.3 is 11.1 Å². The molecule has 0 radical (unpaired) electrons. The highest BCUT2D eigenvalue weighted by Gasteiger charge is 2.25. The summed E-state index contributed by atoms with van der Waals surface area (Å²) in [6.45, 7) is 1.73. The number of thiophene rings is 1. The third kappa shape index (κ3) is 3.52. The Hall–Kier alpha value is -2.94. The highest BCUT2D eigenvalue weighted by Crippen LogP contribution is 2.38. The number of rotatable bonds is 4. The normalized spacial score (nSPS) is 13.0. The predicted molar refractivity (Wildman–Crippen MR) is 100.0 cm³/mol. The van der Waals surface area contributed by atoms with E-state index in [1.165, 1.54) is 23.5 Å². The maximum Gasteiger partial charge on any atom is 0.324 e. The Labute approximate surface area is 153 Å². The smallest absolute Gasteiger partial charge is 0.324 e. The van der Waals surface area contributed by atoms with Gasteiger partial charge in [-0.1, -0.05) is 6.07 Å². The summed E-state index contributed by atoms with van der Waals surface area (Å²) < 4.78 is 0. The number of amides is 3. The molecule has 136 valence electrons. The zero-order valence-corrected chi connectivity index (χ0v) is 14.9. The van der Waals surface area contributed by atoms with Crippen molar-refractivity contribution in [3.63, 3.8) is 0 Å². The third-order valence-electron chi connectivity index (χ3n) is 4.24. The molecule has 0 bridgehead atoms. The fraction of sp³-hybridized carbons (Fsp3) is 0.294. The van der Waals surface area contributed by atoms with Crippen molar-refractivity contribution < 1.29 is 14.5 Å². The van der Waals surface area contributed by atoms with Crippen LogP contribution in [0.5, 0.6) is 0 Å². The van der Waals surface area contributed by atoms with Crippen molar-refractivity contribution in [1.82, 2.24) is 0 Å². The van der Waals surface area contributed by atoms with Crippen molar-refractivity contribution in [3.8, 4) is 0 Å². The molecule has 1 aromatic carbocycles. The number of benzene rings is 1. The number of nitro benzene ring substituents is 1. The molecule has 1 aromatic heterocycles. The van der Waals surface area contributed by atoms with Crippen LogP contribution in [0.3, 0.4) is 0 Å². The van der Waals surface area contributed by atoms with Crippen molar-refractivity contribution in [2.24, 2.45) is 5.73 Å². The van der Waals surface area contributed by atoms with Crippen LogP contribution in [0.4, 0.5) is 21.2 Å². The van der Waals surface area contributed by atoms with Gasteiger partial charge in [-0.3, -0.25) is 20.2 Å². The zero-order chi connectivity index (χ0) is 18.8. The Balaban J connectivity index is 1.84. The van der Waals surface area contributed by atoms with Crippen LogP contribution in [-0.4, -0.2) is 16.9 Å². The van der Waals surface area contributed by atoms with Crippen LogP contribution in [-0.2, 0) is 12.8 Å². The molecule has 0 fully saturated rings. The second-order valence-electron chi connectivity index (χ2n) is 6.14. The monoisotopic (exact) mass is 374 g/mol. The SMILES string of the molecule is Cc1ccc(NC(=O)Nc2sc3c(c2C(N)=O)CCCC3)c([N+](=O)[O-])c1. The molecule has 1 aliphatic rings. The fourth-order valence-corrected chi connectivity index (χ4v) is 4.36. The Bertz CT molecular complexity index is 906. The topological polar surface area (TPSA) is 127 Å². The largest absolute Gasteiger partial charge is 0.365 e. The number of anilines is 2. The second kappa shape index (κ2) is 7.12. The Morgan fingerprint density at radius 2 is 1.96 bits per heavy atom. The summed E-state index contributed by atoms with van der Waals surface area (Å²) in [5.74, 6) is -0.582. The molecule has 4 N–H and O–H groups in total. The van der Waals surface area contributed by atoms with Crippen LogP contribution >= 0.6 is 11.3 Å². The number of hydrogen-bond acceptors (Lipinski definition) is 5. The van der Waals surface area contributed by atoms with Gasteiger partial charge >= 0.3 is 6.03 Å². The van der Waals surface area contributed by atoms with Crippen molar-refractivity contribution in [2.75, 3.05) is 10.6 Å². The minimum absolute atomic E-state index is 0.0834. The van der Waals surface area contributed by atoms with Crippen LogP contribution < -0.4 is 16.4 Å². The first kappa shape index (κ1) is 17.9. The summed E-state index contributed by atoms with van der Waals surface area (Å²) in [5, 5.41) is 16.7. The average molecular weight is 374 g/mol. The third-order valence-corrected chi connectivity index (χ3v) is 5.45. The van der Waals surface area contributed by atoms with Gasteiger partial charge in [-0.05, 0) is 49.8 Å². The van der Waals surface area contributed by atoms with Gasteiger partial charge in [0.05, 0.1) is 10.5 Å². The molecule has 0 spiro atoms. The molecule has 0 atom stereocenters. The molecule has 2 aromatic rings.